The van der Waals surface area contributed by atoms with Crippen LogP contribution in [0.1, 0.15) is 126 Å². The van der Waals surface area contributed by atoms with Crippen molar-refractivity contribution in [2.45, 2.75) is 231 Å². The van der Waals surface area contributed by atoms with E-state index in [4.69, 9.17) is 61.6 Å². The number of hydrogen-bond donors (Lipinski definition) is 3. The first-order valence-corrected chi connectivity index (χ1v) is 27.6. The smallest absolute Gasteiger partial charge is 0.338 e. The molecule has 0 radical (unpaired) electrons. The molecule has 0 spiro atoms. The van der Waals surface area contributed by atoms with Crippen LogP contribution < -0.4 is 0 Å². The number of benzene rings is 1. The Labute approximate surface area is 470 Å². The number of carbonyl (C=O) groups is 6. The highest BCUT2D eigenvalue weighted by molar-refractivity contribution is 5.89. The third-order valence-electron chi connectivity index (χ3n) is 16.4. The number of ether oxygens (including phenoxy) is 13. The number of aliphatic hydroxyl groups is 3. The zero-order valence-electron chi connectivity index (χ0n) is 49.5. The van der Waals surface area contributed by atoms with Gasteiger partial charge in [-0.3, -0.25) is 24.0 Å². The fourth-order valence-electron chi connectivity index (χ4n) is 11.8. The monoisotopic (exact) mass is 1140 g/mol. The molecule has 80 heavy (non-hydrogen) atoms. The molecule has 0 amide bonds. The van der Waals surface area contributed by atoms with Gasteiger partial charge < -0.3 is 81.8 Å². The lowest BCUT2D eigenvalue weighted by Crippen LogP contribution is -2.66. The van der Waals surface area contributed by atoms with Gasteiger partial charge in [0.1, 0.15) is 42.4 Å². The highest BCUT2D eigenvalue weighted by Crippen LogP contribution is 2.44. The Morgan fingerprint density at radius 2 is 1.30 bits per heavy atom. The van der Waals surface area contributed by atoms with E-state index in [1.54, 1.807) is 66.7 Å². The second-order valence-electron chi connectivity index (χ2n) is 23.0. The van der Waals surface area contributed by atoms with Gasteiger partial charge in [0.05, 0.1) is 53.2 Å². The van der Waals surface area contributed by atoms with Crippen molar-refractivity contribution in [1.29, 1.82) is 0 Å². The highest BCUT2D eigenvalue weighted by Gasteiger charge is 2.58. The van der Waals surface area contributed by atoms with Crippen LogP contribution in [0.3, 0.4) is 0 Å². The summed E-state index contributed by atoms with van der Waals surface area (Å²) in [6.07, 6.45) is -18.8. The van der Waals surface area contributed by atoms with Gasteiger partial charge in [0.15, 0.2) is 37.2 Å². The van der Waals surface area contributed by atoms with Gasteiger partial charge in [-0.05, 0) is 87.0 Å². The number of cyclic esters (lactones) is 1. The number of hydrogen-bond acceptors (Lipinski definition) is 23. The fourth-order valence-corrected chi connectivity index (χ4v) is 11.8. The van der Waals surface area contributed by atoms with Crippen molar-refractivity contribution in [3.05, 3.63) is 35.9 Å². The molecule has 0 aliphatic carbocycles. The lowest BCUT2D eigenvalue weighted by atomic mass is 9.74. The number of rotatable bonds is 16. The van der Waals surface area contributed by atoms with Crippen molar-refractivity contribution in [3.8, 4) is 0 Å². The molecule has 5 rings (SSSR count). The molecule has 23 atom stereocenters. The Kier molecular flexibility index (Phi) is 23.2. The summed E-state index contributed by atoms with van der Waals surface area (Å²) in [6.45, 7) is 19.4. The maximum atomic E-state index is 14.7. The number of carbonyl (C=O) groups excluding carboxylic acids is 6. The van der Waals surface area contributed by atoms with E-state index in [0.717, 1.165) is 20.8 Å². The van der Waals surface area contributed by atoms with Crippen molar-refractivity contribution in [2.24, 2.45) is 23.7 Å². The van der Waals surface area contributed by atoms with Crippen LogP contribution in [-0.4, -0.2) is 206 Å². The van der Waals surface area contributed by atoms with Crippen molar-refractivity contribution in [1.82, 2.24) is 4.90 Å². The van der Waals surface area contributed by atoms with Crippen LogP contribution >= 0.6 is 0 Å². The second-order valence-corrected chi connectivity index (χ2v) is 23.0. The number of likely N-dealkylation sites (N-methyl/N-ethyl adjacent to an activating group) is 1. The summed E-state index contributed by atoms with van der Waals surface area (Å²) in [5.41, 5.74) is -4.76. The van der Waals surface area contributed by atoms with Crippen molar-refractivity contribution in [3.63, 3.8) is 0 Å². The first-order valence-electron chi connectivity index (χ1n) is 27.6. The molecule has 3 N–H and O–H groups in total. The molecule has 1 aromatic carbocycles. The van der Waals surface area contributed by atoms with Crippen LogP contribution in [0.5, 0.6) is 0 Å². The standard InChI is InChI=1S/C57H89NO22/c1-18-40-57(13,67)48(64)30(4)42(62)28(2)25-55(11,68-16)49(79-53-43(63)38(58(14)15)24-29(3)71-53)31(5)44(32(6)51(65)76-40)77-41-26-56(12,69-17)50(33(7)72-41)80-54-47(74-36(10)61)46(73-35(9)60)45(39(75-54)27-70-34(8)59)78-52(66)37-22-20-19-21-23-37/h19-23,28-33,38-41,43-50,53-54,63-64,67H,18,24-27H2,1-17H3/t28-,29-,30+,31+,32-,33+,38+,39-,40-,41+,43-,44+,45-,46+,47-,48-,49-,50+,53+,54-,55-,56-,57-/m1/s1. The molecule has 0 saturated carbocycles. The second kappa shape index (κ2) is 27.9. The van der Waals surface area contributed by atoms with Gasteiger partial charge >= 0.3 is 29.8 Å². The van der Waals surface area contributed by atoms with Gasteiger partial charge in [-0.1, -0.05) is 45.9 Å². The lowest BCUT2D eigenvalue weighted by molar-refractivity contribution is -0.362. The van der Waals surface area contributed by atoms with Gasteiger partial charge in [0, 0.05) is 65.2 Å². The Bertz CT molecular complexity index is 2250. The predicted molar refractivity (Wildman–Crippen MR) is 282 cm³/mol. The van der Waals surface area contributed by atoms with Crippen LogP contribution in [0.2, 0.25) is 0 Å². The summed E-state index contributed by atoms with van der Waals surface area (Å²) in [5.74, 6) is -8.50. The normalized spacial score (nSPS) is 41.4. The molecule has 23 heteroatoms. The molecule has 4 aliphatic rings. The molecule has 0 unspecified atom stereocenters. The van der Waals surface area contributed by atoms with E-state index in [1.165, 1.54) is 40.2 Å². The van der Waals surface area contributed by atoms with Crippen LogP contribution in [-0.2, 0) is 85.6 Å². The third-order valence-corrected chi connectivity index (χ3v) is 16.4. The van der Waals surface area contributed by atoms with Crippen molar-refractivity contribution < 1.29 is 106 Å². The van der Waals surface area contributed by atoms with Crippen molar-refractivity contribution >= 4 is 35.6 Å². The predicted octanol–water partition coefficient (Wildman–Crippen LogP) is 3.84. The highest BCUT2D eigenvalue weighted by atomic mass is 16.8. The number of esters is 5. The van der Waals surface area contributed by atoms with Gasteiger partial charge in [0.2, 0.25) is 0 Å². The minimum Gasteiger partial charge on any atom is -0.463 e. The molecule has 4 heterocycles. The molecule has 4 fully saturated rings. The minimum absolute atomic E-state index is 0.000327. The summed E-state index contributed by atoms with van der Waals surface area (Å²) < 4.78 is 81.6. The summed E-state index contributed by atoms with van der Waals surface area (Å²) >= 11 is 0. The van der Waals surface area contributed by atoms with Crippen molar-refractivity contribution in [2.75, 3.05) is 34.9 Å². The topological polar surface area (TPSA) is 286 Å². The average molecular weight is 1140 g/mol. The number of nitrogens with zero attached hydrogens (tertiary/aromatic N) is 1. The summed E-state index contributed by atoms with van der Waals surface area (Å²) in [6, 6.07) is 7.53. The molecule has 454 valence electrons. The van der Waals surface area contributed by atoms with E-state index in [1.807, 2.05) is 25.9 Å². The van der Waals surface area contributed by atoms with E-state index >= 15 is 0 Å². The molecular weight excluding hydrogens is 1050 g/mol. The Morgan fingerprint density at radius 3 is 1.86 bits per heavy atom. The van der Waals surface area contributed by atoms with Crippen LogP contribution in [0, 0.1) is 23.7 Å². The van der Waals surface area contributed by atoms with Crippen LogP contribution in [0.4, 0.5) is 0 Å². The van der Waals surface area contributed by atoms with Gasteiger partial charge in [0.25, 0.3) is 0 Å². The van der Waals surface area contributed by atoms with Gasteiger partial charge in [-0.25, -0.2) is 4.79 Å². The molecule has 0 aromatic heterocycles. The first kappa shape index (κ1) is 66.6. The fraction of sp³-hybridized carbons (Fsp3) is 0.789. The zero-order valence-corrected chi connectivity index (χ0v) is 49.5. The maximum absolute atomic E-state index is 14.7. The Balaban J connectivity index is 1.58. The Morgan fingerprint density at radius 1 is 0.713 bits per heavy atom. The lowest BCUT2D eigenvalue weighted by Gasteiger charge is -2.51. The molecular formula is C57H89NO22. The van der Waals surface area contributed by atoms with Crippen LogP contribution in [0.15, 0.2) is 30.3 Å². The van der Waals surface area contributed by atoms with Gasteiger partial charge in [-0.15, -0.1) is 0 Å². The largest absolute Gasteiger partial charge is 0.463 e. The molecule has 4 saturated heterocycles. The quantitative estimate of drug-likeness (QED) is 0.157. The van der Waals surface area contributed by atoms with E-state index in [0.29, 0.717) is 6.42 Å². The van der Waals surface area contributed by atoms with E-state index in [-0.39, 0.29) is 37.0 Å². The minimum atomic E-state index is -2.09. The van der Waals surface area contributed by atoms with Gasteiger partial charge in [-0.2, -0.15) is 0 Å². The van der Waals surface area contributed by atoms with E-state index in [2.05, 4.69) is 0 Å². The zero-order chi connectivity index (χ0) is 59.9. The molecule has 23 nitrogen and oxygen atoms in total. The van der Waals surface area contributed by atoms with E-state index < -0.39 is 169 Å². The third kappa shape index (κ3) is 15.5. The number of ketones is 1. The Hall–Kier alpha value is -4.24. The number of methoxy groups -OCH3 is 2. The SMILES string of the molecule is CC[C@H]1OC(=O)[C@H](C)[C@@H](O[C@H]2C[C@@](C)(OC)[C@@H](O[C@H]3O[C@H](COC(C)=O)[C@@H](OC(=O)c4ccccc4)[C@H](OC(C)=O)[C@H]3OC(C)=O)[C@H](C)O2)[C@H](C)[C@@H](O[C@@H]2O[C@H](C)C[C@H](N(C)C)[C@H]2O)[C@](C)(OC)C[C@@H](C)C(=O)[C@H](C)[C@@H](O)[C@]1(C)O. The number of aliphatic hydroxyl groups excluding tert-OH is 2. The number of Topliss-reactive ketones (excluding diaryl/α,β-unsaturated/α-hetero) is 1. The molecule has 0 bridgehead atoms. The summed E-state index contributed by atoms with van der Waals surface area (Å²) in [5, 5.41) is 35.5. The first-order chi connectivity index (χ1) is 37.3. The average Bonchev–Trinajstić information content (AvgIpc) is 3.59. The van der Waals surface area contributed by atoms with Crippen LogP contribution in [0.25, 0.3) is 0 Å². The maximum Gasteiger partial charge on any atom is 0.338 e. The summed E-state index contributed by atoms with van der Waals surface area (Å²) in [4.78, 5) is 82.5. The van der Waals surface area contributed by atoms with E-state index in [9.17, 15) is 44.1 Å². The summed E-state index contributed by atoms with van der Waals surface area (Å²) in [7, 11) is 6.56. The molecule has 1 aromatic rings. The molecule has 4 aliphatic heterocycles.